The van der Waals surface area contributed by atoms with Gasteiger partial charge in [-0.3, -0.25) is 9.59 Å². The van der Waals surface area contributed by atoms with E-state index in [9.17, 15) is 14.4 Å². The van der Waals surface area contributed by atoms with Crippen molar-refractivity contribution in [3.63, 3.8) is 0 Å². The molecule has 17 heavy (non-hydrogen) atoms. The van der Waals surface area contributed by atoms with Crippen LogP contribution in [-0.4, -0.2) is 49.3 Å². The van der Waals surface area contributed by atoms with Gasteiger partial charge in [0, 0.05) is 31.3 Å². The van der Waals surface area contributed by atoms with E-state index in [0.717, 1.165) is 0 Å². The molecule has 94 valence electrons. The van der Waals surface area contributed by atoms with Gasteiger partial charge in [-0.2, -0.15) is 0 Å². The summed E-state index contributed by atoms with van der Waals surface area (Å²) in [6.45, 7) is 2.94. The van der Waals surface area contributed by atoms with Gasteiger partial charge in [0.1, 0.15) is 0 Å². The topological polar surface area (TPSA) is 75.7 Å². The van der Waals surface area contributed by atoms with Crippen molar-refractivity contribution < 1.29 is 19.1 Å². The maximum atomic E-state index is 11.5. The number of piperidine rings is 1. The van der Waals surface area contributed by atoms with Crippen LogP contribution in [0.1, 0.15) is 13.3 Å². The van der Waals surface area contributed by atoms with E-state index in [-0.39, 0.29) is 12.4 Å². The first-order valence-corrected chi connectivity index (χ1v) is 5.43. The molecule has 6 heteroatoms. The minimum absolute atomic E-state index is 0.00717. The monoisotopic (exact) mass is 240 g/mol. The molecule has 1 heterocycles. The Morgan fingerprint density at radius 3 is 2.88 bits per heavy atom. The molecule has 0 atom stereocenters. The van der Waals surface area contributed by atoms with Crippen molar-refractivity contribution in [2.45, 2.75) is 13.3 Å². The Bertz CT molecular complexity index is 362. The Hall–Kier alpha value is -1.69. The number of hydrogen-bond donors (Lipinski definition) is 1. The van der Waals surface area contributed by atoms with Crippen LogP contribution in [0.15, 0.2) is 11.8 Å². The third-order valence-electron chi connectivity index (χ3n) is 2.36. The minimum atomic E-state index is -0.944. The van der Waals surface area contributed by atoms with Gasteiger partial charge in [0.25, 0.3) is 0 Å². The third kappa shape index (κ3) is 3.99. The van der Waals surface area contributed by atoms with Gasteiger partial charge in [0.2, 0.25) is 0 Å². The van der Waals surface area contributed by atoms with Crippen LogP contribution >= 0.6 is 0 Å². The van der Waals surface area contributed by atoms with Crippen LogP contribution in [-0.2, 0) is 19.1 Å². The second-order valence-corrected chi connectivity index (χ2v) is 3.77. The van der Waals surface area contributed by atoms with Crippen LogP contribution in [0.2, 0.25) is 0 Å². The molecule has 0 radical (unpaired) electrons. The number of esters is 1. The first-order chi connectivity index (χ1) is 8.04. The van der Waals surface area contributed by atoms with E-state index in [1.165, 1.54) is 6.20 Å². The predicted octanol–water partition coefficient (Wildman–Crippen LogP) is -0.546. The smallest absolute Gasteiger partial charge is 0.397 e. The van der Waals surface area contributed by atoms with E-state index in [1.54, 1.807) is 6.92 Å². The van der Waals surface area contributed by atoms with Crippen molar-refractivity contribution in [3.05, 3.63) is 11.8 Å². The summed E-state index contributed by atoms with van der Waals surface area (Å²) in [6.07, 6.45) is 1.72. The van der Waals surface area contributed by atoms with Crippen LogP contribution in [0.25, 0.3) is 0 Å². The van der Waals surface area contributed by atoms with E-state index >= 15 is 0 Å². The Kier molecular flexibility index (Phi) is 4.84. The molecule has 0 aliphatic carbocycles. The van der Waals surface area contributed by atoms with Gasteiger partial charge in [0.05, 0.1) is 6.61 Å². The van der Waals surface area contributed by atoms with Crippen LogP contribution in [0.5, 0.6) is 0 Å². The molecule has 0 aromatic heterocycles. The summed E-state index contributed by atoms with van der Waals surface area (Å²) in [5.74, 6) is -1.81. The molecule has 6 nitrogen and oxygen atoms in total. The highest BCUT2D eigenvalue weighted by atomic mass is 16.5. The van der Waals surface area contributed by atoms with Gasteiger partial charge in [-0.15, -0.1) is 0 Å². The minimum Gasteiger partial charge on any atom is -0.459 e. The van der Waals surface area contributed by atoms with Crippen molar-refractivity contribution in [2.24, 2.45) is 0 Å². The van der Waals surface area contributed by atoms with Crippen molar-refractivity contribution >= 4 is 17.7 Å². The number of hydrogen-bond acceptors (Lipinski definition) is 5. The number of carbonyl (C=O) groups is 3. The van der Waals surface area contributed by atoms with Gasteiger partial charge < -0.3 is 15.0 Å². The zero-order valence-electron chi connectivity index (χ0n) is 9.99. The van der Waals surface area contributed by atoms with E-state index < -0.39 is 11.9 Å². The fourth-order valence-corrected chi connectivity index (χ4v) is 1.45. The maximum absolute atomic E-state index is 11.5. The largest absolute Gasteiger partial charge is 0.459 e. The number of amides is 1. The second-order valence-electron chi connectivity index (χ2n) is 3.77. The Labute approximate surface area is 99.6 Å². The quantitative estimate of drug-likeness (QED) is 0.398. The number of nitrogens with one attached hydrogen (secondary N) is 1. The number of ether oxygens (including phenoxy) is 1. The number of nitrogens with zero attached hydrogens (tertiary/aromatic N) is 1. The molecular weight excluding hydrogens is 224 g/mol. The Balaban J connectivity index is 2.54. The van der Waals surface area contributed by atoms with E-state index in [0.29, 0.717) is 25.1 Å². The van der Waals surface area contributed by atoms with Crippen LogP contribution in [0.3, 0.4) is 0 Å². The van der Waals surface area contributed by atoms with E-state index in [4.69, 9.17) is 0 Å². The molecule has 1 amide bonds. The van der Waals surface area contributed by atoms with Gasteiger partial charge in [-0.1, -0.05) is 0 Å². The highest BCUT2D eigenvalue weighted by molar-refractivity contribution is 6.32. The summed E-state index contributed by atoms with van der Waals surface area (Å²) in [5.41, 5.74) is 0.497. The lowest BCUT2D eigenvalue weighted by molar-refractivity contribution is -0.154. The summed E-state index contributed by atoms with van der Waals surface area (Å²) in [7, 11) is 1.88. The molecule has 0 spiro atoms. The summed E-state index contributed by atoms with van der Waals surface area (Å²) in [6, 6.07) is 0. The van der Waals surface area contributed by atoms with Gasteiger partial charge in [-0.25, -0.2) is 4.79 Å². The molecule has 1 aliphatic rings. The number of carbonyl (C=O) groups excluding carboxylic acids is 3. The van der Waals surface area contributed by atoms with Crippen molar-refractivity contribution in [1.29, 1.82) is 0 Å². The summed E-state index contributed by atoms with van der Waals surface area (Å²) in [4.78, 5) is 35.7. The standard InChI is InChI=1S/C11H16N2O4/c1-3-17-11(16)10(15)12-6-8-7-13(2)5-4-9(8)14/h6H,3-5,7H2,1-2H3,(H,12,15)/b8-6-. The first-order valence-electron chi connectivity index (χ1n) is 5.43. The lowest BCUT2D eigenvalue weighted by Gasteiger charge is -2.23. The zero-order valence-corrected chi connectivity index (χ0v) is 9.99. The molecule has 0 bridgehead atoms. The molecule has 1 N–H and O–H groups in total. The Morgan fingerprint density at radius 1 is 1.53 bits per heavy atom. The fourth-order valence-electron chi connectivity index (χ4n) is 1.45. The lowest BCUT2D eigenvalue weighted by atomic mass is 10.1. The summed E-state index contributed by atoms with van der Waals surface area (Å²) in [5, 5.41) is 2.26. The molecule has 0 unspecified atom stereocenters. The molecule has 1 fully saturated rings. The van der Waals surface area contributed by atoms with E-state index in [1.807, 2.05) is 11.9 Å². The molecule has 1 saturated heterocycles. The number of likely N-dealkylation sites (tertiary alicyclic amines) is 1. The van der Waals surface area contributed by atoms with Crippen molar-refractivity contribution in [3.8, 4) is 0 Å². The molecular formula is C11H16N2O4. The number of rotatable bonds is 2. The molecule has 0 aromatic rings. The lowest BCUT2D eigenvalue weighted by Crippen LogP contribution is -2.35. The van der Waals surface area contributed by atoms with Crippen LogP contribution in [0, 0.1) is 0 Å². The molecule has 1 aliphatic heterocycles. The average molecular weight is 240 g/mol. The number of likely N-dealkylation sites (N-methyl/N-ethyl adjacent to an activating group) is 1. The zero-order chi connectivity index (χ0) is 12.8. The normalized spacial score (nSPS) is 19.2. The first kappa shape index (κ1) is 13.4. The predicted molar refractivity (Wildman–Crippen MR) is 60.0 cm³/mol. The molecule has 0 aromatic carbocycles. The SMILES string of the molecule is CCOC(=O)C(=O)N/C=C1/CN(C)CCC1=O. The molecule has 0 saturated carbocycles. The highest BCUT2D eigenvalue weighted by Gasteiger charge is 2.20. The highest BCUT2D eigenvalue weighted by Crippen LogP contribution is 2.08. The summed E-state index contributed by atoms with van der Waals surface area (Å²) < 4.78 is 4.52. The number of ketones is 1. The van der Waals surface area contributed by atoms with Crippen LogP contribution < -0.4 is 5.32 Å². The fraction of sp³-hybridized carbons (Fsp3) is 0.545. The van der Waals surface area contributed by atoms with Crippen molar-refractivity contribution in [2.75, 3.05) is 26.7 Å². The van der Waals surface area contributed by atoms with Crippen LogP contribution in [0.4, 0.5) is 0 Å². The third-order valence-corrected chi connectivity index (χ3v) is 2.36. The molecule has 1 rings (SSSR count). The number of Topliss-reactive ketones (excluding diaryl/α,β-unsaturated/α-hetero) is 1. The van der Waals surface area contributed by atoms with E-state index in [2.05, 4.69) is 10.1 Å². The average Bonchev–Trinajstić information content (AvgIpc) is 2.30. The maximum Gasteiger partial charge on any atom is 0.397 e. The van der Waals surface area contributed by atoms with Crippen molar-refractivity contribution in [1.82, 2.24) is 10.2 Å². The van der Waals surface area contributed by atoms with Gasteiger partial charge in [0.15, 0.2) is 5.78 Å². The van der Waals surface area contributed by atoms with Gasteiger partial charge in [-0.05, 0) is 14.0 Å². The summed E-state index contributed by atoms with van der Waals surface area (Å²) >= 11 is 0. The Morgan fingerprint density at radius 2 is 2.24 bits per heavy atom. The van der Waals surface area contributed by atoms with Gasteiger partial charge >= 0.3 is 11.9 Å². The second kappa shape index (κ2) is 6.15.